The van der Waals surface area contributed by atoms with Crippen molar-refractivity contribution in [3.63, 3.8) is 0 Å². The summed E-state index contributed by atoms with van der Waals surface area (Å²) in [6, 6.07) is 11.9. The molecule has 2 aromatic heterocycles. The third-order valence-corrected chi connectivity index (χ3v) is 4.47. The van der Waals surface area contributed by atoms with Crippen LogP contribution in [0, 0.1) is 0 Å². The van der Waals surface area contributed by atoms with Crippen LogP contribution < -0.4 is 5.32 Å². The van der Waals surface area contributed by atoms with Gasteiger partial charge in [0.1, 0.15) is 5.82 Å². The molecule has 25 heavy (non-hydrogen) atoms. The summed E-state index contributed by atoms with van der Waals surface area (Å²) >= 11 is 1.71. The highest BCUT2D eigenvalue weighted by atomic mass is 32.2. The Morgan fingerprint density at radius 2 is 1.96 bits per heavy atom. The number of nitrogens with one attached hydrogen (secondary N) is 1. The molecule has 3 aromatic rings. The van der Waals surface area contributed by atoms with Crippen molar-refractivity contribution in [2.75, 3.05) is 30.0 Å². The zero-order chi connectivity index (χ0) is 17.3. The van der Waals surface area contributed by atoms with Crippen LogP contribution in [0.5, 0.6) is 0 Å². The average Bonchev–Trinajstić information content (AvgIpc) is 2.67. The molecule has 0 unspecified atom stereocenters. The van der Waals surface area contributed by atoms with Crippen molar-refractivity contribution in [3.05, 3.63) is 60.2 Å². The first-order chi connectivity index (χ1) is 12.4. The second-order valence-electron chi connectivity index (χ2n) is 5.33. The van der Waals surface area contributed by atoms with Gasteiger partial charge in [-0.1, -0.05) is 18.2 Å². The van der Waals surface area contributed by atoms with E-state index in [1.807, 2.05) is 48.6 Å². The normalized spacial score (nSPS) is 11.2. The Bertz CT molecular complexity index is 839. The highest BCUT2D eigenvalue weighted by Gasteiger charge is 2.05. The SMILES string of the molecule is OCCSCCNc1nc(/C=C/c2cccnc2)nc2ccccc12. The van der Waals surface area contributed by atoms with E-state index in [1.54, 1.807) is 24.2 Å². The van der Waals surface area contributed by atoms with Gasteiger partial charge in [0, 0.05) is 35.8 Å². The molecule has 0 aliphatic rings. The number of hydrogen-bond acceptors (Lipinski definition) is 6. The van der Waals surface area contributed by atoms with E-state index in [0.29, 0.717) is 5.82 Å². The fraction of sp³-hybridized carbons (Fsp3) is 0.211. The predicted molar refractivity (Wildman–Crippen MR) is 106 cm³/mol. The number of benzene rings is 1. The van der Waals surface area contributed by atoms with Gasteiger partial charge in [-0.2, -0.15) is 11.8 Å². The number of hydrogen-bond donors (Lipinski definition) is 2. The Labute approximate surface area is 151 Å². The maximum atomic E-state index is 8.84. The van der Waals surface area contributed by atoms with Gasteiger partial charge in [0.05, 0.1) is 12.1 Å². The molecule has 128 valence electrons. The Hall–Kier alpha value is -2.44. The van der Waals surface area contributed by atoms with Crippen LogP contribution in [-0.4, -0.2) is 44.7 Å². The summed E-state index contributed by atoms with van der Waals surface area (Å²) in [5.74, 6) is 3.17. The lowest BCUT2D eigenvalue weighted by Gasteiger charge is -2.09. The first kappa shape index (κ1) is 17.4. The minimum atomic E-state index is 0.213. The van der Waals surface area contributed by atoms with Gasteiger partial charge in [0.15, 0.2) is 5.82 Å². The van der Waals surface area contributed by atoms with E-state index in [4.69, 9.17) is 5.11 Å². The van der Waals surface area contributed by atoms with Crippen LogP contribution in [0.1, 0.15) is 11.4 Å². The second-order valence-corrected chi connectivity index (χ2v) is 6.55. The molecular formula is C19H20N4OS. The Balaban J connectivity index is 1.80. The minimum Gasteiger partial charge on any atom is -0.396 e. The number of nitrogens with zero attached hydrogens (tertiary/aromatic N) is 3. The maximum Gasteiger partial charge on any atom is 0.154 e. The summed E-state index contributed by atoms with van der Waals surface area (Å²) < 4.78 is 0. The number of anilines is 1. The third kappa shape index (κ3) is 5.01. The molecule has 0 radical (unpaired) electrons. The van der Waals surface area contributed by atoms with E-state index in [2.05, 4.69) is 20.3 Å². The van der Waals surface area contributed by atoms with E-state index < -0.39 is 0 Å². The van der Waals surface area contributed by atoms with Crippen molar-refractivity contribution in [3.8, 4) is 0 Å². The molecule has 0 saturated heterocycles. The van der Waals surface area contributed by atoms with Crippen molar-refractivity contribution >= 4 is 40.6 Å². The van der Waals surface area contributed by atoms with E-state index in [0.717, 1.165) is 40.3 Å². The van der Waals surface area contributed by atoms with Crippen LogP contribution in [0.4, 0.5) is 5.82 Å². The van der Waals surface area contributed by atoms with Crippen LogP contribution in [0.15, 0.2) is 48.8 Å². The van der Waals surface area contributed by atoms with Crippen molar-refractivity contribution in [1.82, 2.24) is 15.0 Å². The van der Waals surface area contributed by atoms with E-state index in [9.17, 15) is 0 Å². The first-order valence-corrected chi connectivity index (χ1v) is 9.29. The summed E-state index contributed by atoms with van der Waals surface area (Å²) in [6.45, 7) is 1.00. The summed E-state index contributed by atoms with van der Waals surface area (Å²) in [5, 5.41) is 13.2. The molecule has 2 heterocycles. The molecule has 0 amide bonds. The highest BCUT2D eigenvalue weighted by Crippen LogP contribution is 2.21. The molecule has 0 aliphatic carbocycles. The number of aliphatic hydroxyl groups excluding tert-OH is 1. The fourth-order valence-electron chi connectivity index (χ4n) is 2.36. The molecule has 0 atom stereocenters. The maximum absolute atomic E-state index is 8.84. The molecule has 5 nitrogen and oxygen atoms in total. The van der Waals surface area contributed by atoms with Crippen molar-refractivity contribution in [2.24, 2.45) is 0 Å². The number of aromatic nitrogens is 3. The number of rotatable bonds is 8. The number of fused-ring (bicyclic) bond motifs is 1. The summed E-state index contributed by atoms with van der Waals surface area (Å²) in [6.07, 6.45) is 7.41. The molecule has 3 rings (SSSR count). The zero-order valence-electron chi connectivity index (χ0n) is 13.8. The summed E-state index contributed by atoms with van der Waals surface area (Å²) in [7, 11) is 0. The van der Waals surface area contributed by atoms with E-state index in [1.165, 1.54) is 0 Å². The van der Waals surface area contributed by atoms with Crippen LogP contribution in [-0.2, 0) is 0 Å². The zero-order valence-corrected chi connectivity index (χ0v) is 14.6. The standard InChI is InChI=1S/C19H20N4OS/c24-11-13-25-12-10-21-19-16-5-1-2-6-17(16)22-18(23-19)8-7-15-4-3-9-20-14-15/h1-9,14,24H,10-13H2,(H,21,22,23)/b8-7+. The molecule has 0 spiro atoms. The molecule has 1 aromatic carbocycles. The van der Waals surface area contributed by atoms with Crippen molar-refractivity contribution in [1.29, 1.82) is 0 Å². The number of aliphatic hydroxyl groups is 1. The highest BCUT2D eigenvalue weighted by molar-refractivity contribution is 7.99. The molecular weight excluding hydrogens is 332 g/mol. The Kier molecular flexibility index (Phi) is 6.36. The Morgan fingerprint density at radius 3 is 2.80 bits per heavy atom. The van der Waals surface area contributed by atoms with Gasteiger partial charge in [-0.15, -0.1) is 0 Å². The predicted octanol–water partition coefficient (Wildman–Crippen LogP) is 3.33. The van der Waals surface area contributed by atoms with Gasteiger partial charge < -0.3 is 10.4 Å². The van der Waals surface area contributed by atoms with Crippen LogP contribution in [0.3, 0.4) is 0 Å². The van der Waals surface area contributed by atoms with Gasteiger partial charge in [0.2, 0.25) is 0 Å². The molecule has 0 bridgehead atoms. The Morgan fingerprint density at radius 1 is 1.04 bits per heavy atom. The van der Waals surface area contributed by atoms with Crippen LogP contribution in [0.2, 0.25) is 0 Å². The van der Waals surface area contributed by atoms with Crippen molar-refractivity contribution in [2.45, 2.75) is 0 Å². The van der Waals surface area contributed by atoms with E-state index in [-0.39, 0.29) is 6.61 Å². The van der Waals surface area contributed by atoms with Crippen LogP contribution in [0.25, 0.3) is 23.1 Å². The van der Waals surface area contributed by atoms with Gasteiger partial charge >= 0.3 is 0 Å². The monoisotopic (exact) mass is 352 g/mol. The molecule has 6 heteroatoms. The van der Waals surface area contributed by atoms with Crippen molar-refractivity contribution < 1.29 is 5.11 Å². The fourth-order valence-corrected chi connectivity index (χ4v) is 2.94. The van der Waals surface area contributed by atoms with Gasteiger partial charge in [-0.05, 0) is 35.9 Å². The largest absolute Gasteiger partial charge is 0.396 e. The molecule has 0 aliphatic heterocycles. The molecule has 0 fully saturated rings. The topological polar surface area (TPSA) is 70.9 Å². The first-order valence-electron chi connectivity index (χ1n) is 8.14. The molecule has 2 N–H and O–H groups in total. The lowest BCUT2D eigenvalue weighted by Crippen LogP contribution is -2.08. The van der Waals surface area contributed by atoms with Gasteiger partial charge in [0.25, 0.3) is 0 Å². The second kappa shape index (κ2) is 9.15. The quantitative estimate of drug-likeness (QED) is 0.606. The summed E-state index contributed by atoms with van der Waals surface area (Å²) in [5.41, 5.74) is 1.92. The lowest BCUT2D eigenvalue weighted by atomic mass is 10.2. The molecule has 0 saturated carbocycles. The average molecular weight is 352 g/mol. The minimum absolute atomic E-state index is 0.213. The lowest BCUT2D eigenvalue weighted by molar-refractivity contribution is 0.322. The smallest absolute Gasteiger partial charge is 0.154 e. The number of para-hydroxylation sites is 1. The van der Waals surface area contributed by atoms with E-state index >= 15 is 0 Å². The number of pyridine rings is 1. The van der Waals surface area contributed by atoms with Crippen LogP contribution >= 0.6 is 11.8 Å². The summed E-state index contributed by atoms with van der Waals surface area (Å²) in [4.78, 5) is 13.4. The van der Waals surface area contributed by atoms with Gasteiger partial charge in [-0.25, -0.2) is 9.97 Å². The third-order valence-electron chi connectivity index (χ3n) is 3.50. The number of thioether (sulfide) groups is 1. The van der Waals surface area contributed by atoms with Gasteiger partial charge in [-0.3, -0.25) is 4.98 Å².